The van der Waals surface area contributed by atoms with E-state index in [4.69, 9.17) is 11.6 Å². The van der Waals surface area contributed by atoms with Crippen LogP contribution in [0.5, 0.6) is 0 Å². The van der Waals surface area contributed by atoms with E-state index in [1.54, 1.807) is 0 Å². The SMILES string of the molecule is CCN(CC)C[C@H](O)c1cccc2cc(Cl)ccc12. The van der Waals surface area contributed by atoms with Crippen LogP contribution in [0.15, 0.2) is 36.4 Å². The molecule has 0 aliphatic carbocycles. The smallest absolute Gasteiger partial charge is 0.0922 e. The first-order valence-electron chi connectivity index (χ1n) is 6.74. The number of nitrogens with zero attached hydrogens (tertiary/aromatic N) is 1. The number of hydrogen-bond acceptors (Lipinski definition) is 2. The first-order chi connectivity index (χ1) is 9.15. The molecule has 0 heterocycles. The summed E-state index contributed by atoms with van der Waals surface area (Å²) in [5.41, 5.74) is 0.973. The van der Waals surface area contributed by atoms with E-state index in [-0.39, 0.29) is 0 Å². The molecule has 102 valence electrons. The zero-order valence-corrected chi connectivity index (χ0v) is 12.2. The number of aliphatic hydroxyl groups excluding tert-OH is 1. The van der Waals surface area contributed by atoms with Crippen molar-refractivity contribution in [1.82, 2.24) is 4.90 Å². The molecule has 1 N–H and O–H groups in total. The topological polar surface area (TPSA) is 23.5 Å². The first-order valence-corrected chi connectivity index (χ1v) is 7.12. The van der Waals surface area contributed by atoms with E-state index in [0.29, 0.717) is 6.54 Å². The van der Waals surface area contributed by atoms with Gasteiger partial charge in [-0.25, -0.2) is 0 Å². The maximum Gasteiger partial charge on any atom is 0.0922 e. The molecule has 0 aromatic heterocycles. The van der Waals surface area contributed by atoms with Crippen molar-refractivity contribution >= 4 is 22.4 Å². The lowest BCUT2D eigenvalue weighted by atomic mass is 10.00. The third kappa shape index (κ3) is 3.27. The Hall–Kier alpha value is -1.09. The van der Waals surface area contributed by atoms with Crippen LogP contribution < -0.4 is 0 Å². The molecule has 0 bridgehead atoms. The van der Waals surface area contributed by atoms with E-state index in [1.807, 2.05) is 36.4 Å². The fourth-order valence-electron chi connectivity index (χ4n) is 2.39. The molecular weight excluding hydrogens is 258 g/mol. The average Bonchev–Trinajstić information content (AvgIpc) is 2.43. The molecule has 0 aliphatic heterocycles. The van der Waals surface area contributed by atoms with Crippen LogP contribution in [0.1, 0.15) is 25.5 Å². The molecule has 3 heteroatoms. The van der Waals surface area contributed by atoms with Crippen LogP contribution in [0.4, 0.5) is 0 Å². The van der Waals surface area contributed by atoms with Gasteiger partial charge in [-0.3, -0.25) is 0 Å². The normalized spacial score (nSPS) is 13.1. The van der Waals surface area contributed by atoms with E-state index >= 15 is 0 Å². The highest BCUT2D eigenvalue weighted by Crippen LogP contribution is 2.27. The lowest BCUT2D eigenvalue weighted by Crippen LogP contribution is -2.28. The summed E-state index contributed by atoms with van der Waals surface area (Å²) in [5, 5.41) is 13.3. The summed E-state index contributed by atoms with van der Waals surface area (Å²) in [5.74, 6) is 0. The van der Waals surface area contributed by atoms with Crippen LogP contribution in [-0.4, -0.2) is 29.6 Å². The van der Waals surface area contributed by atoms with Crippen molar-refractivity contribution in [3.63, 3.8) is 0 Å². The maximum absolute atomic E-state index is 10.4. The maximum atomic E-state index is 10.4. The molecule has 2 rings (SSSR count). The van der Waals surface area contributed by atoms with Gasteiger partial charge in [0.25, 0.3) is 0 Å². The predicted molar refractivity (Wildman–Crippen MR) is 81.7 cm³/mol. The van der Waals surface area contributed by atoms with E-state index in [1.165, 1.54) is 0 Å². The van der Waals surface area contributed by atoms with Gasteiger partial charge in [-0.15, -0.1) is 0 Å². The van der Waals surface area contributed by atoms with Gasteiger partial charge in [-0.05, 0) is 41.6 Å². The van der Waals surface area contributed by atoms with E-state index in [9.17, 15) is 5.11 Å². The fourth-order valence-corrected chi connectivity index (χ4v) is 2.58. The monoisotopic (exact) mass is 277 g/mol. The van der Waals surface area contributed by atoms with Crippen LogP contribution in [0.25, 0.3) is 10.8 Å². The van der Waals surface area contributed by atoms with E-state index in [2.05, 4.69) is 18.7 Å². The van der Waals surface area contributed by atoms with E-state index < -0.39 is 6.10 Å². The van der Waals surface area contributed by atoms with Gasteiger partial charge in [-0.2, -0.15) is 0 Å². The summed E-state index contributed by atoms with van der Waals surface area (Å²) in [6.45, 7) is 6.78. The quantitative estimate of drug-likeness (QED) is 0.897. The predicted octanol–water partition coefficient (Wildman–Crippen LogP) is 3.87. The lowest BCUT2D eigenvalue weighted by Gasteiger charge is -2.23. The molecule has 0 radical (unpaired) electrons. The molecule has 0 saturated carbocycles. The summed E-state index contributed by atoms with van der Waals surface area (Å²) < 4.78 is 0. The van der Waals surface area contributed by atoms with Crippen molar-refractivity contribution in [2.75, 3.05) is 19.6 Å². The summed E-state index contributed by atoms with van der Waals surface area (Å²) in [4.78, 5) is 2.22. The second-order valence-corrected chi connectivity index (χ2v) is 5.15. The third-order valence-electron chi connectivity index (χ3n) is 3.56. The summed E-state index contributed by atoms with van der Waals surface area (Å²) in [7, 11) is 0. The highest BCUT2D eigenvalue weighted by Gasteiger charge is 2.14. The Labute approximate surface area is 119 Å². The number of halogens is 1. The van der Waals surface area contributed by atoms with Gasteiger partial charge in [-0.1, -0.05) is 49.7 Å². The fraction of sp³-hybridized carbons (Fsp3) is 0.375. The van der Waals surface area contributed by atoms with Crippen molar-refractivity contribution in [3.05, 3.63) is 47.0 Å². The molecule has 0 saturated heterocycles. The van der Waals surface area contributed by atoms with Crippen molar-refractivity contribution in [3.8, 4) is 0 Å². The van der Waals surface area contributed by atoms with Crippen molar-refractivity contribution in [1.29, 1.82) is 0 Å². The van der Waals surface area contributed by atoms with Gasteiger partial charge in [0.05, 0.1) is 6.10 Å². The Balaban J connectivity index is 2.34. The van der Waals surface area contributed by atoms with Crippen molar-refractivity contribution < 1.29 is 5.11 Å². The highest BCUT2D eigenvalue weighted by atomic mass is 35.5. The Morgan fingerprint density at radius 1 is 1.16 bits per heavy atom. The molecule has 2 aromatic rings. The molecule has 0 unspecified atom stereocenters. The van der Waals surface area contributed by atoms with Gasteiger partial charge in [0, 0.05) is 11.6 Å². The molecule has 0 aliphatic rings. The summed E-state index contributed by atoms with van der Waals surface area (Å²) in [6, 6.07) is 11.8. The molecule has 2 aromatic carbocycles. The molecule has 2 nitrogen and oxygen atoms in total. The number of rotatable bonds is 5. The van der Waals surface area contributed by atoms with Gasteiger partial charge < -0.3 is 10.0 Å². The number of benzene rings is 2. The summed E-state index contributed by atoms with van der Waals surface area (Å²) >= 11 is 6.01. The minimum atomic E-state index is -0.468. The number of fused-ring (bicyclic) bond motifs is 1. The van der Waals surface area contributed by atoms with E-state index in [0.717, 1.165) is 34.4 Å². The van der Waals surface area contributed by atoms with Gasteiger partial charge >= 0.3 is 0 Å². The molecule has 0 fully saturated rings. The number of hydrogen-bond donors (Lipinski definition) is 1. The molecule has 0 amide bonds. The Morgan fingerprint density at radius 2 is 1.89 bits per heavy atom. The highest BCUT2D eigenvalue weighted by molar-refractivity contribution is 6.31. The van der Waals surface area contributed by atoms with Gasteiger partial charge in [0.1, 0.15) is 0 Å². The largest absolute Gasteiger partial charge is 0.387 e. The molecule has 1 atom stereocenters. The zero-order valence-electron chi connectivity index (χ0n) is 11.4. The number of likely N-dealkylation sites (N-methyl/N-ethyl adjacent to an activating group) is 1. The van der Waals surface area contributed by atoms with Crippen LogP contribution in [0.2, 0.25) is 5.02 Å². The average molecular weight is 278 g/mol. The summed E-state index contributed by atoms with van der Waals surface area (Å²) in [6.07, 6.45) is -0.468. The second-order valence-electron chi connectivity index (χ2n) is 4.71. The van der Waals surface area contributed by atoms with Crippen molar-refractivity contribution in [2.24, 2.45) is 0 Å². The molecule has 19 heavy (non-hydrogen) atoms. The Bertz CT molecular complexity index is 551. The van der Waals surface area contributed by atoms with Crippen LogP contribution >= 0.6 is 11.6 Å². The Morgan fingerprint density at radius 3 is 2.58 bits per heavy atom. The molecular formula is C16H20ClNO. The Kier molecular flexibility index (Phi) is 4.81. The lowest BCUT2D eigenvalue weighted by molar-refractivity contribution is 0.120. The first kappa shape index (κ1) is 14.3. The van der Waals surface area contributed by atoms with Crippen molar-refractivity contribution in [2.45, 2.75) is 20.0 Å². The minimum absolute atomic E-state index is 0.468. The third-order valence-corrected chi connectivity index (χ3v) is 3.80. The minimum Gasteiger partial charge on any atom is -0.387 e. The standard InChI is InChI=1S/C16H20ClNO/c1-3-18(4-2)11-16(19)15-7-5-6-12-10-13(17)8-9-14(12)15/h5-10,16,19H,3-4,11H2,1-2H3/t16-/m0/s1. The second kappa shape index (κ2) is 6.38. The zero-order chi connectivity index (χ0) is 13.8. The van der Waals surface area contributed by atoms with Crippen LogP contribution in [-0.2, 0) is 0 Å². The number of aliphatic hydroxyl groups is 1. The van der Waals surface area contributed by atoms with Crippen LogP contribution in [0.3, 0.4) is 0 Å². The van der Waals surface area contributed by atoms with Crippen LogP contribution in [0, 0.1) is 0 Å². The molecule has 0 spiro atoms. The van der Waals surface area contributed by atoms with Gasteiger partial charge in [0.15, 0.2) is 0 Å². The van der Waals surface area contributed by atoms with Gasteiger partial charge in [0.2, 0.25) is 0 Å².